The van der Waals surface area contributed by atoms with Gasteiger partial charge in [-0.25, -0.2) is 0 Å². The molecule has 0 aliphatic carbocycles. The van der Waals surface area contributed by atoms with Crippen LogP contribution in [0.25, 0.3) is 82.4 Å². The van der Waals surface area contributed by atoms with Gasteiger partial charge in [-0.1, -0.05) is 146 Å². The molecule has 0 radical (unpaired) electrons. The molecular weight excluding hydrogens is 717 g/mol. The average molecular weight is 753 g/mol. The molecule has 276 valence electrons. The minimum atomic E-state index is 0.875. The van der Waals surface area contributed by atoms with Crippen molar-refractivity contribution in [3.05, 3.63) is 218 Å². The Hall–Kier alpha value is -7.88. The number of hydrogen-bond donors (Lipinski definition) is 0. The van der Waals surface area contributed by atoms with Gasteiger partial charge in [0.1, 0.15) is 0 Å². The molecule has 3 heteroatoms. The summed E-state index contributed by atoms with van der Waals surface area (Å²) in [7, 11) is 0. The van der Waals surface area contributed by atoms with Gasteiger partial charge in [0.05, 0.1) is 16.7 Å². The van der Waals surface area contributed by atoms with Crippen LogP contribution in [0.4, 0.5) is 17.1 Å². The van der Waals surface area contributed by atoms with Gasteiger partial charge in [0.15, 0.2) is 11.5 Å². The molecule has 0 N–H and O–H groups in total. The van der Waals surface area contributed by atoms with Crippen molar-refractivity contribution >= 4 is 60.4 Å². The van der Waals surface area contributed by atoms with Crippen LogP contribution in [0.15, 0.2) is 218 Å². The van der Waals surface area contributed by atoms with Gasteiger partial charge in [-0.15, -0.1) is 0 Å². The summed E-state index contributed by atoms with van der Waals surface area (Å²) in [5.41, 5.74) is 13.8. The van der Waals surface area contributed by atoms with Crippen molar-refractivity contribution in [3.63, 3.8) is 0 Å². The van der Waals surface area contributed by atoms with Crippen LogP contribution in [-0.4, -0.2) is 4.57 Å². The first-order chi connectivity index (χ1) is 29.2. The third-order valence-corrected chi connectivity index (χ3v) is 11.9. The number of nitrogens with zero attached hydrogens (tertiary/aromatic N) is 2. The lowest BCUT2D eigenvalue weighted by Crippen LogP contribution is -2.10. The Morgan fingerprint density at radius 3 is 1.78 bits per heavy atom. The van der Waals surface area contributed by atoms with E-state index in [1.165, 1.54) is 65.7 Å². The van der Waals surface area contributed by atoms with Crippen molar-refractivity contribution in [1.29, 1.82) is 0 Å². The molecular formula is C56H36N2O. The summed E-state index contributed by atoms with van der Waals surface area (Å²) in [5, 5.41) is 7.38. The fourth-order valence-electron chi connectivity index (χ4n) is 9.11. The Morgan fingerprint density at radius 2 is 0.949 bits per heavy atom. The second-order valence-corrected chi connectivity index (χ2v) is 15.4. The summed E-state index contributed by atoms with van der Waals surface area (Å²) >= 11 is 0. The molecule has 0 spiro atoms. The van der Waals surface area contributed by atoms with Crippen LogP contribution in [0.2, 0.25) is 0 Å². The fourth-order valence-corrected chi connectivity index (χ4v) is 9.11. The van der Waals surface area contributed by atoms with Crippen LogP contribution in [0, 0.1) is 0 Å². The van der Waals surface area contributed by atoms with E-state index in [1.54, 1.807) is 0 Å². The highest BCUT2D eigenvalue weighted by Crippen LogP contribution is 2.46. The van der Waals surface area contributed by atoms with Gasteiger partial charge in [0.2, 0.25) is 0 Å². The van der Waals surface area contributed by atoms with Crippen LogP contribution in [0.1, 0.15) is 0 Å². The molecule has 2 heterocycles. The highest BCUT2D eigenvalue weighted by Gasteiger charge is 2.23. The van der Waals surface area contributed by atoms with Gasteiger partial charge < -0.3 is 14.2 Å². The van der Waals surface area contributed by atoms with E-state index >= 15 is 0 Å². The first kappa shape index (κ1) is 33.3. The Kier molecular flexibility index (Phi) is 7.54. The number of rotatable bonds is 6. The zero-order valence-electron chi connectivity index (χ0n) is 32.1. The average Bonchev–Trinajstić information content (AvgIpc) is 3.64. The third-order valence-electron chi connectivity index (χ3n) is 11.9. The standard InChI is InChI=1S/C56H36N2O/c1-2-12-41-34-42(23-22-37(41)10-1)38-24-29-45(30-25-38)57(47-15-7-14-44(35-47)49-17-8-13-40-11-3-4-16-48(40)49)46-31-26-39(27-32-46)43-28-33-52-51(36-43)50-18-9-21-55-56(50)58(52)53-19-5-6-20-54(53)59-55/h1-36H. The first-order valence-electron chi connectivity index (χ1n) is 20.2. The summed E-state index contributed by atoms with van der Waals surface area (Å²) in [4.78, 5) is 2.37. The van der Waals surface area contributed by atoms with E-state index in [9.17, 15) is 0 Å². The highest BCUT2D eigenvalue weighted by atomic mass is 16.5. The molecule has 0 saturated carbocycles. The second-order valence-electron chi connectivity index (χ2n) is 15.4. The van der Waals surface area contributed by atoms with Gasteiger partial charge >= 0.3 is 0 Å². The SMILES string of the molecule is c1cc(-c2cccc3ccccc23)cc(N(c2ccc(-c3ccc4ccccc4c3)cc2)c2ccc(-c3ccc4c(c3)c3cccc5c3n4-c3ccccc3O5)cc2)c1. The number of fused-ring (bicyclic) bond motifs is 7. The molecule has 3 nitrogen and oxygen atoms in total. The van der Waals surface area contributed by atoms with Crippen molar-refractivity contribution in [2.75, 3.05) is 4.90 Å². The van der Waals surface area contributed by atoms with E-state index in [4.69, 9.17) is 4.74 Å². The predicted octanol–water partition coefficient (Wildman–Crippen LogP) is 15.7. The Morgan fingerprint density at radius 1 is 0.339 bits per heavy atom. The van der Waals surface area contributed by atoms with Crippen LogP contribution in [0.5, 0.6) is 11.5 Å². The van der Waals surface area contributed by atoms with Crippen LogP contribution >= 0.6 is 0 Å². The molecule has 10 aromatic carbocycles. The molecule has 0 amide bonds. The lowest BCUT2D eigenvalue weighted by atomic mass is 9.97. The molecule has 1 aromatic heterocycles. The van der Waals surface area contributed by atoms with Gasteiger partial charge in [-0.3, -0.25) is 0 Å². The number of para-hydroxylation sites is 3. The Balaban J connectivity index is 0.956. The maximum atomic E-state index is 6.37. The maximum Gasteiger partial charge on any atom is 0.152 e. The Bertz CT molecular complexity index is 3410. The van der Waals surface area contributed by atoms with Gasteiger partial charge in [0, 0.05) is 27.8 Å². The molecule has 59 heavy (non-hydrogen) atoms. The van der Waals surface area contributed by atoms with Crippen molar-refractivity contribution in [1.82, 2.24) is 4.57 Å². The first-order valence-corrected chi connectivity index (χ1v) is 20.2. The summed E-state index contributed by atoms with van der Waals surface area (Å²) < 4.78 is 8.72. The van der Waals surface area contributed by atoms with Crippen molar-refractivity contribution in [3.8, 4) is 50.6 Å². The fraction of sp³-hybridized carbons (Fsp3) is 0. The van der Waals surface area contributed by atoms with E-state index in [2.05, 4.69) is 216 Å². The third kappa shape index (κ3) is 5.51. The number of anilines is 3. The molecule has 0 saturated heterocycles. The maximum absolute atomic E-state index is 6.37. The second kappa shape index (κ2) is 13.4. The van der Waals surface area contributed by atoms with Crippen molar-refractivity contribution in [2.24, 2.45) is 0 Å². The number of ether oxygens (including phenoxy) is 1. The summed E-state index contributed by atoms with van der Waals surface area (Å²) in [6.07, 6.45) is 0. The lowest BCUT2D eigenvalue weighted by molar-refractivity contribution is 0.476. The normalized spacial score (nSPS) is 11.9. The number of benzene rings is 10. The van der Waals surface area contributed by atoms with E-state index < -0.39 is 0 Å². The van der Waals surface area contributed by atoms with E-state index in [1.807, 2.05) is 12.1 Å². The molecule has 11 aromatic rings. The summed E-state index contributed by atoms with van der Waals surface area (Å²) in [6.45, 7) is 0. The van der Waals surface area contributed by atoms with Gasteiger partial charge in [-0.2, -0.15) is 0 Å². The van der Waals surface area contributed by atoms with E-state index in [0.717, 1.165) is 45.3 Å². The number of hydrogen-bond acceptors (Lipinski definition) is 2. The largest absolute Gasteiger partial charge is 0.453 e. The van der Waals surface area contributed by atoms with Gasteiger partial charge in [0.25, 0.3) is 0 Å². The van der Waals surface area contributed by atoms with Crippen LogP contribution < -0.4 is 9.64 Å². The van der Waals surface area contributed by atoms with E-state index in [-0.39, 0.29) is 0 Å². The Labute approximate surface area is 342 Å². The predicted molar refractivity (Wildman–Crippen MR) is 247 cm³/mol. The smallest absolute Gasteiger partial charge is 0.152 e. The zero-order chi connectivity index (χ0) is 38.9. The molecule has 0 fully saturated rings. The molecule has 12 rings (SSSR count). The molecule has 0 unspecified atom stereocenters. The lowest BCUT2D eigenvalue weighted by Gasteiger charge is -2.26. The minimum absolute atomic E-state index is 0.875. The summed E-state index contributed by atoms with van der Waals surface area (Å²) in [6, 6.07) is 78.8. The topological polar surface area (TPSA) is 17.4 Å². The van der Waals surface area contributed by atoms with E-state index in [0.29, 0.717) is 0 Å². The van der Waals surface area contributed by atoms with Crippen LogP contribution in [0.3, 0.4) is 0 Å². The van der Waals surface area contributed by atoms with Crippen LogP contribution in [-0.2, 0) is 0 Å². The molecule has 1 aliphatic heterocycles. The monoisotopic (exact) mass is 752 g/mol. The zero-order valence-corrected chi connectivity index (χ0v) is 32.1. The minimum Gasteiger partial charge on any atom is -0.453 e. The van der Waals surface area contributed by atoms with Crippen molar-refractivity contribution < 1.29 is 4.74 Å². The number of aromatic nitrogens is 1. The molecule has 1 aliphatic rings. The summed E-state index contributed by atoms with van der Waals surface area (Å²) in [5.74, 6) is 1.76. The van der Waals surface area contributed by atoms with Crippen molar-refractivity contribution in [2.45, 2.75) is 0 Å². The quantitative estimate of drug-likeness (QED) is 0.168. The molecule has 0 atom stereocenters. The van der Waals surface area contributed by atoms with Gasteiger partial charge in [-0.05, 0) is 128 Å². The highest BCUT2D eigenvalue weighted by molar-refractivity contribution is 6.13. The molecule has 0 bridgehead atoms.